The van der Waals surface area contributed by atoms with E-state index in [1.807, 2.05) is 50.2 Å². The Hall–Kier alpha value is -3.37. The summed E-state index contributed by atoms with van der Waals surface area (Å²) in [6.45, 7) is 3.78. The van der Waals surface area contributed by atoms with E-state index in [1.165, 1.54) is 6.08 Å². The second kappa shape index (κ2) is 9.22. The van der Waals surface area contributed by atoms with E-state index in [1.54, 1.807) is 36.4 Å². The van der Waals surface area contributed by atoms with Crippen LogP contribution in [0.1, 0.15) is 16.7 Å². The molecule has 146 valence electrons. The fraction of sp³-hybridized carbons (Fsp3) is 0.0833. The summed E-state index contributed by atoms with van der Waals surface area (Å²) in [6, 6.07) is 21.8. The molecule has 0 unspecified atom stereocenters. The van der Waals surface area contributed by atoms with Crippen LogP contribution in [-0.2, 0) is 9.59 Å². The second-order valence-electron chi connectivity index (χ2n) is 6.62. The van der Waals surface area contributed by atoms with Gasteiger partial charge in [-0.1, -0.05) is 66.2 Å². The average molecular weight is 405 g/mol. The molecule has 0 aliphatic carbocycles. The number of amides is 2. The third-order valence-corrected chi connectivity index (χ3v) is 4.83. The van der Waals surface area contributed by atoms with Crippen molar-refractivity contribution in [2.75, 3.05) is 10.6 Å². The monoisotopic (exact) mass is 404 g/mol. The van der Waals surface area contributed by atoms with Crippen LogP contribution in [0.5, 0.6) is 0 Å². The first-order valence-electron chi connectivity index (χ1n) is 9.16. The molecule has 4 nitrogen and oxygen atoms in total. The Morgan fingerprint density at radius 1 is 0.724 bits per heavy atom. The van der Waals surface area contributed by atoms with Crippen LogP contribution < -0.4 is 10.6 Å². The van der Waals surface area contributed by atoms with Crippen LogP contribution in [0.25, 0.3) is 6.08 Å². The summed E-state index contributed by atoms with van der Waals surface area (Å²) in [6.07, 6.45) is 1.50. The lowest BCUT2D eigenvalue weighted by Gasteiger charge is -2.13. The van der Waals surface area contributed by atoms with E-state index in [0.717, 1.165) is 11.1 Å². The van der Waals surface area contributed by atoms with Crippen molar-refractivity contribution in [2.24, 2.45) is 0 Å². The molecule has 0 aliphatic heterocycles. The molecule has 5 heteroatoms. The molecule has 0 saturated carbocycles. The first kappa shape index (κ1) is 20.4. The number of hydrogen-bond acceptors (Lipinski definition) is 2. The van der Waals surface area contributed by atoms with Gasteiger partial charge in [0.1, 0.15) is 5.57 Å². The third kappa shape index (κ3) is 5.12. The van der Waals surface area contributed by atoms with Gasteiger partial charge in [-0.15, -0.1) is 0 Å². The average Bonchev–Trinajstić information content (AvgIpc) is 2.70. The van der Waals surface area contributed by atoms with Crippen LogP contribution in [0.15, 0.2) is 78.4 Å². The van der Waals surface area contributed by atoms with Crippen molar-refractivity contribution in [3.05, 3.63) is 100 Å². The number of para-hydroxylation sites is 2. The van der Waals surface area contributed by atoms with E-state index in [-0.39, 0.29) is 5.57 Å². The molecule has 0 atom stereocenters. The van der Waals surface area contributed by atoms with Gasteiger partial charge in [0.05, 0.1) is 0 Å². The molecule has 0 aromatic heterocycles. The van der Waals surface area contributed by atoms with E-state index in [0.29, 0.717) is 22.0 Å². The minimum Gasteiger partial charge on any atom is -0.322 e. The lowest BCUT2D eigenvalue weighted by Crippen LogP contribution is -2.26. The molecule has 2 N–H and O–H groups in total. The molecule has 3 aromatic carbocycles. The Bertz CT molecular complexity index is 1030. The van der Waals surface area contributed by atoms with Crippen LogP contribution >= 0.6 is 11.6 Å². The number of aryl methyl sites for hydroxylation is 2. The largest absolute Gasteiger partial charge is 0.322 e. The Balaban J connectivity index is 1.96. The van der Waals surface area contributed by atoms with E-state index in [4.69, 9.17) is 11.6 Å². The van der Waals surface area contributed by atoms with Gasteiger partial charge < -0.3 is 10.6 Å². The smallest absolute Gasteiger partial charge is 0.261 e. The van der Waals surface area contributed by atoms with Crippen molar-refractivity contribution in [3.63, 3.8) is 0 Å². The molecule has 0 saturated heterocycles. The zero-order chi connectivity index (χ0) is 20.8. The molecule has 0 bridgehead atoms. The third-order valence-electron chi connectivity index (χ3n) is 4.48. The van der Waals surface area contributed by atoms with Crippen LogP contribution in [-0.4, -0.2) is 11.8 Å². The van der Waals surface area contributed by atoms with Gasteiger partial charge in [0, 0.05) is 16.4 Å². The number of halogens is 1. The summed E-state index contributed by atoms with van der Waals surface area (Å²) in [5.74, 6) is -1.02. The zero-order valence-electron chi connectivity index (χ0n) is 16.2. The highest BCUT2D eigenvalue weighted by atomic mass is 35.5. The van der Waals surface area contributed by atoms with Gasteiger partial charge in [-0.25, -0.2) is 0 Å². The molecule has 3 rings (SSSR count). The molecule has 2 amide bonds. The maximum Gasteiger partial charge on any atom is 0.261 e. The molecule has 0 spiro atoms. The molecule has 3 aromatic rings. The van der Waals surface area contributed by atoms with E-state index < -0.39 is 11.8 Å². The normalized spacial score (nSPS) is 10.2. The topological polar surface area (TPSA) is 58.2 Å². The van der Waals surface area contributed by atoms with Crippen LogP contribution in [0.3, 0.4) is 0 Å². The Labute approximate surface area is 175 Å². The maximum atomic E-state index is 13.0. The Morgan fingerprint density at radius 2 is 1.17 bits per heavy atom. The summed E-state index contributed by atoms with van der Waals surface area (Å²) < 4.78 is 0. The molecule has 0 heterocycles. The predicted octanol–water partition coefficient (Wildman–Crippen LogP) is 5.62. The second-order valence-corrected chi connectivity index (χ2v) is 7.02. The van der Waals surface area contributed by atoms with Crippen molar-refractivity contribution in [1.29, 1.82) is 0 Å². The summed E-state index contributed by atoms with van der Waals surface area (Å²) >= 11 is 6.24. The summed E-state index contributed by atoms with van der Waals surface area (Å²) in [5, 5.41) is 6.10. The number of benzene rings is 3. The van der Waals surface area contributed by atoms with Gasteiger partial charge in [0.2, 0.25) is 0 Å². The van der Waals surface area contributed by atoms with Crippen molar-refractivity contribution in [1.82, 2.24) is 0 Å². The molecule has 0 aliphatic rings. The maximum absolute atomic E-state index is 13.0. The summed E-state index contributed by atoms with van der Waals surface area (Å²) in [5.41, 5.74) is 3.64. The summed E-state index contributed by atoms with van der Waals surface area (Å²) in [4.78, 5) is 26.0. The number of nitrogens with one attached hydrogen (secondary N) is 2. The highest BCUT2D eigenvalue weighted by Gasteiger charge is 2.20. The van der Waals surface area contributed by atoms with E-state index in [9.17, 15) is 9.59 Å². The zero-order valence-corrected chi connectivity index (χ0v) is 17.0. The van der Waals surface area contributed by atoms with Crippen molar-refractivity contribution < 1.29 is 9.59 Å². The molecular formula is C24H21ClN2O2. The molecule has 0 fully saturated rings. The lowest BCUT2D eigenvalue weighted by atomic mass is 10.1. The number of carbonyl (C=O) groups excluding carboxylic acids is 2. The molecular weight excluding hydrogens is 384 g/mol. The standard InChI is InChI=1S/C24H21ClN2O2/c1-16-9-3-7-13-21(16)26-23(28)19(15-18-11-5-6-12-20(18)25)24(29)27-22-14-8-4-10-17(22)2/h3-15H,1-2H3,(H,26,28)(H,27,29). The first-order chi connectivity index (χ1) is 14.0. The fourth-order valence-electron chi connectivity index (χ4n) is 2.79. The minimum atomic E-state index is -0.509. The minimum absolute atomic E-state index is 0.0374. The van der Waals surface area contributed by atoms with Gasteiger partial charge >= 0.3 is 0 Å². The summed E-state index contributed by atoms with van der Waals surface area (Å²) in [7, 11) is 0. The van der Waals surface area contributed by atoms with E-state index >= 15 is 0 Å². The van der Waals surface area contributed by atoms with E-state index in [2.05, 4.69) is 10.6 Å². The quantitative estimate of drug-likeness (QED) is 0.329. The van der Waals surface area contributed by atoms with Crippen molar-refractivity contribution >= 4 is 40.9 Å². The number of carbonyl (C=O) groups is 2. The Kier molecular flexibility index (Phi) is 6.47. The van der Waals surface area contributed by atoms with Crippen LogP contribution in [0.4, 0.5) is 11.4 Å². The van der Waals surface area contributed by atoms with Gasteiger partial charge in [-0.3, -0.25) is 9.59 Å². The molecule has 29 heavy (non-hydrogen) atoms. The van der Waals surface area contributed by atoms with Gasteiger partial charge in [0.15, 0.2) is 0 Å². The SMILES string of the molecule is Cc1ccccc1NC(=O)C(=Cc1ccccc1Cl)C(=O)Nc1ccccc1C. The predicted molar refractivity (Wildman–Crippen MR) is 119 cm³/mol. The highest BCUT2D eigenvalue weighted by Crippen LogP contribution is 2.22. The van der Waals surface area contributed by atoms with Crippen LogP contribution in [0.2, 0.25) is 5.02 Å². The first-order valence-corrected chi connectivity index (χ1v) is 9.53. The molecule has 0 radical (unpaired) electrons. The number of rotatable bonds is 5. The van der Waals surface area contributed by atoms with Gasteiger partial charge in [-0.05, 0) is 54.8 Å². The van der Waals surface area contributed by atoms with Crippen molar-refractivity contribution in [2.45, 2.75) is 13.8 Å². The Morgan fingerprint density at radius 3 is 1.66 bits per heavy atom. The van der Waals surface area contributed by atoms with Gasteiger partial charge in [-0.2, -0.15) is 0 Å². The highest BCUT2D eigenvalue weighted by molar-refractivity contribution is 6.33. The van der Waals surface area contributed by atoms with Crippen LogP contribution in [0, 0.1) is 13.8 Å². The number of hydrogen-bond donors (Lipinski definition) is 2. The lowest BCUT2D eigenvalue weighted by molar-refractivity contribution is -0.118. The fourth-order valence-corrected chi connectivity index (χ4v) is 2.98. The van der Waals surface area contributed by atoms with Gasteiger partial charge in [0.25, 0.3) is 11.8 Å². The van der Waals surface area contributed by atoms with Crippen molar-refractivity contribution in [3.8, 4) is 0 Å². The number of anilines is 2.